The molecule has 0 spiro atoms. The molecule has 20 heavy (non-hydrogen) atoms. The highest BCUT2D eigenvalue weighted by atomic mass is 16.5. The summed E-state index contributed by atoms with van der Waals surface area (Å²) in [6.45, 7) is 5.92. The molecule has 0 aromatic rings. The van der Waals surface area contributed by atoms with Gasteiger partial charge in [-0.15, -0.1) is 0 Å². The van der Waals surface area contributed by atoms with Crippen LogP contribution in [0.2, 0.25) is 0 Å². The number of ether oxygens (including phenoxy) is 2. The molecule has 0 aromatic heterocycles. The molecule has 0 saturated heterocycles. The van der Waals surface area contributed by atoms with E-state index >= 15 is 0 Å². The van der Waals surface area contributed by atoms with Gasteiger partial charge in [0.25, 0.3) is 0 Å². The summed E-state index contributed by atoms with van der Waals surface area (Å²) in [6.07, 6.45) is 8.27. The first-order valence-electron chi connectivity index (χ1n) is 8.11. The molecule has 0 amide bonds. The van der Waals surface area contributed by atoms with Crippen LogP contribution in [0, 0.1) is 5.41 Å². The van der Waals surface area contributed by atoms with Crippen LogP contribution in [0.3, 0.4) is 0 Å². The van der Waals surface area contributed by atoms with Crippen molar-refractivity contribution in [2.75, 3.05) is 60.7 Å². The molecular formula is C16H34N2O2. The number of hydrogen-bond acceptors (Lipinski definition) is 4. The molecule has 0 bridgehead atoms. The van der Waals surface area contributed by atoms with Gasteiger partial charge in [0.05, 0.1) is 13.2 Å². The van der Waals surface area contributed by atoms with Crippen LogP contribution in [0.25, 0.3) is 0 Å². The maximum absolute atomic E-state index is 5.26. The van der Waals surface area contributed by atoms with Gasteiger partial charge in [-0.2, -0.15) is 0 Å². The molecule has 0 radical (unpaired) electrons. The Morgan fingerprint density at radius 2 is 1.50 bits per heavy atom. The average Bonchev–Trinajstić information content (AvgIpc) is 2.68. The van der Waals surface area contributed by atoms with E-state index in [-0.39, 0.29) is 0 Å². The topological polar surface area (TPSA) is 33.7 Å². The van der Waals surface area contributed by atoms with Gasteiger partial charge in [-0.25, -0.2) is 0 Å². The van der Waals surface area contributed by atoms with Crippen LogP contribution >= 0.6 is 0 Å². The van der Waals surface area contributed by atoms with E-state index in [4.69, 9.17) is 9.47 Å². The summed E-state index contributed by atoms with van der Waals surface area (Å²) in [7, 11) is 5.65. The van der Waals surface area contributed by atoms with Crippen molar-refractivity contribution >= 4 is 0 Å². The van der Waals surface area contributed by atoms with Gasteiger partial charge in [0.1, 0.15) is 0 Å². The van der Waals surface area contributed by atoms with Crippen molar-refractivity contribution in [3.8, 4) is 0 Å². The maximum atomic E-state index is 5.26. The minimum Gasteiger partial charge on any atom is -0.383 e. The molecule has 0 unspecified atom stereocenters. The summed E-state index contributed by atoms with van der Waals surface area (Å²) in [5.74, 6) is 0. The Labute approximate surface area is 125 Å². The SMILES string of the molecule is CNCC1(CN(CCOC)CCOC)CCCCCC1. The predicted octanol–water partition coefficient (Wildman–Crippen LogP) is 2.14. The lowest BCUT2D eigenvalue weighted by atomic mass is 9.79. The van der Waals surface area contributed by atoms with Crippen LogP contribution in [0.4, 0.5) is 0 Å². The first kappa shape index (κ1) is 17.9. The Morgan fingerprint density at radius 1 is 0.950 bits per heavy atom. The third-order valence-corrected chi connectivity index (χ3v) is 4.50. The normalized spacial score (nSPS) is 19.2. The molecule has 1 aliphatic carbocycles. The third kappa shape index (κ3) is 6.53. The fourth-order valence-electron chi connectivity index (χ4n) is 3.43. The number of methoxy groups -OCH3 is 2. The Balaban J connectivity index is 2.61. The van der Waals surface area contributed by atoms with Crippen LogP contribution in [-0.4, -0.2) is 65.6 Å². The van der Waals surface area contributed by atoms with Gasteiger partial charge < -0.3 is 14.8 Å². The van der Waals surface area contributed by atoms with Crippen molar-refractivity contribution in [1.82, 2.24) is 10.2 Å². The monoisotopic (exact) mass is 286 g/mol. The van der Waals surface area contributed by atoms with E-state index in [1.165, 1.54) is 45.1 Å². The van der Waals surface area contributed by atoms with E-state index in [9.17, 15) is 0 Å². The van der Waals surface area contributed by atoms with Crippen LogP contribution in [0.1, 0.15) is 38.5 Å². The second-order valence-corrected chi connectivity index (χ2v) is 6.21. The Morgan fingerprint density at radius 3 is 1.95 bits per heavy atom. The van der Waals surface area contributed by atoms with E-state index in [0.717, 1.165) is 32.8 Å². The Hall–Kier alpha value is -0.160. The van der Waals surface area contributed by atoms with Crippen LogP contribution < -0.4 is 5.32 Å². The lowest BCUT2D eigenvalue weighted by Crippen LogP contribution is -2.45. The molecule has 1 N–H and O–H groups in total. The largest absolute Gasteiger partial charge is 0.383 e. The summed E-state index contributed by atoms with van der Waals surface area (Å²) in [5.41, 5.74) is 0.437. The maximum Gasteiger partial charge on any atom is 0.0589 e. The molecule has 1 aliphatic rings. The van der Waals surface area contributed by atoms with E-state index in [2.05, 4.69) is 17.3 Å². The lowest BCUT2D eigenvalue weighted by Gasteiger charge is -2.38. The van der Waals surface area contributed by atoms with E-state index in [0.29, 0.717) is 5.41 Å². The highest BCUT2D eigenvalue weighted by Crippen LogP contribution is 2.35. The molecular weight excluding hydrogens is 252 g/mol. The first-order chi connectivity index (χ1) is 9.76. The lowest BCUT2D eigenvalue weighted by molar-refractivity contribution is 0.0718. The van der Waals surface area contributed by atoms with E-state index in [1.807, 2.05) is 0 Å². The second-order valence-electron chi connectivity index (χ2n) is 6.21. The van der Waals surface area contributed by atoms with E-state index in [1.54, 1.807) is 14.2 Å². The molecule has 4 heteroatoms. The summed E-state index contributed by atoms with van der Waals surface area (Å²) >= 11 is 0. The zero-order valence-corrected chi connectivity index (χ0v) is 13.7. The molecule has 0 aliphatic heterocycles. The fraction of sp³-hybridized carbons (Fsp3) is 1.00. The molecule has 0 atom stereocenters. The van der Waals surface area contributed by atoms with Crippen molar-refractivity contribution < 1.29 is 9.47 Å². The number of nitrogens with one attached hydrogen (secondary N) is 1. The highest BCUT2D eigenvalue weighted by Gasteiger charge is 2.32. The summed E-state index contributed by atoms with van der Waals surface area (Å²) < 4.78 is 10.5. The molecule has 1 saturated carbocycles. The fourth-order valence-corrected chi connectivity index (χ4v) is 3.43. The number of nitrogens with zero attached hydrogens (tertiary/aromatic N) is 1. The Bertz CT molecular complexity index is 221. The Kier molecular flexibility index (Phi) is 9.44. The molecule has 0 aromatic carbocycles. The van der Waals surface area contributed by atoms with Crippen LogP contribution in [0.5, 0.6) is 0 Å². The van der Waals surface area contributed by atoms with Crippen molar-refractivity contribution in [1.29, 1.82) is 0 Å². The van der Waals surface area contributed by atoms with Crippen molar-refractivity contribution in [3.63, 3.8) is 0 Å². The molecule has 1 fully saturated rings. The standard InChI is InChI=1S/C16H34N2O2/c1-17-14-16(8-6-4-5-7-9-16)15-18(10-12-19-2)11-13-20-3/h17H,4-15H2,1-3H3. The quantitative estimate of drug-likeness (QED) is 0.624. The predicted molar refractivity (Wildman–Crippen MR) is 84.3 cm³/mol. The molecule has 1 rings (SSSR count). The number of hydrogen-bond donors (Lipinski definition) is 1. The van der Waals surface area contributed by atoms with E-state index < -0.39 is 0 Å². The summed E-state index contributed by atoms with van der Waals surface area (Å²) in [6, 6.07) is 0. The first-order valence-corrected chi connectivity index (χ1v) is 8.11. The van der Waals surface area contributed by atoms with Crippen LogP contribution in [-0.2, 0) is 9.47 Å². The van der Waals surface area contributed by atoms with Gasteiger partial charge in [0.15, 0.2) is 0 Å². The van der Waals surface area contributed by atoms with Gasteiger partial charge in [-0.1, -0.05) is 25.7 Å². The van der Waals surface area contributed by atoms with Gasteiger partial charge >= 0.3 is 0 Å². The van der Waals surface area contributed by atoms with Crippen LogP contribution in [0.15, 0.2) is 0 Å². The molecule has 120 valence electrons. The minimum atomic E-state index is 0.437. The van der Waals surface area contributed by atoms with Crippen molar-refractivity contribution in [2.45, 2.75) is 38.5 Å². The van der Waals surface area contributed by atoms with Gasteiger partial charge in [0.2, 0.25) is 0 Å². The van der Waals surface area contributed by atoms with Gasteiger partial charge in [-0.05, 0) is 25.3 Å². The smallest absolute Gasteiger partial charge is 0.0589 e. The second kappa shape index (κ2) is 10.6. The third-order valence-electron chi connectivity index (χ3n) is 4.50. The van der Waals surface area contributed by atoms with Crippen molar-refractivity contribution in [2.24, 2.45) is 5.41 Å². The summed E-state index contributed by atoms with van der Waals surface area (Å²) in [4.78, 5) is 2.52. The molecule has 0 heterocycles. The van der Waals surface area contributed by atoms with Gasteiger partial charge in [-0.3, -0.25) is 4.90 Å². The molecule has 4 nitrogen and oxygen atoms in total. The zero-order valence-electron chi connectivity index (χ0n) is 13.7. The van der Waals surface area contributed by atoms with Crippen molar-refractivity contribution in [3.05, 3.63) is 0 Å². The number of rotatable bonds is 10. The average molecular weight is 286 g/mol. The summed E-state index contributed by atoms with van der Waals surface area (Å²) in [5, 5.41) is 3.43. The zero-order chi connectivity index (χ0) is 14.7. The highest BCUT2D eigenvalue weighted by molar-refractivity contribution is 4.86. The van der Waals surface area contributed by atoms with Gasteiger partial charge in [0, 0.05) is 40.4 Å². The minimum absolute atomic E-state index is 0.437.